The summed E-state index contributed by atoms with van der Waals surface area (Å²) in [7, 11) is 0. The molecule has 0 spiro atoms. The van der Waals surface area contributed by atoms with Crippen LogP contribution in [0.25, 0.3) is 0 Å². The van der Waals surface area contributed by atoms with Crippen LogP contribution in [0, 0.1) is 5.92 Å². The van der Waals surface area contributed by atoms with Gasteiger partial charge >= 0.3 is 5.97 Å². The van der Waals surface area contributed by atoms with Crippen LogP contribution in [0.1, 0.15) is 52.4 Å². The number of carbonyl (C=O) groups excluding carboxylic acids is 1. The molecule has 1 unspecified atom stereocenters. The maximum atomic E-state index is 11.0. The van der Waals surface area contributed by atoms with Crippen LogP contribution in [0.3, 0.4) is 0 Å². The quantitative estimate of drug-likeness (QED) is 0.246. The summed E-state index contributed by atoms with van der Waals surface area (Å²) in [4.78, 5) is 11.0. The SMILES string of the molecule is C=CC(=O)OC(C=C)CCCCCCC(C)C. The Kier molecular flexibility index (Phi) is 9.50. The second-order valence-electron chi connectivity index (χ2n) is 4.80. The highest BCUT2D eigenvalue weighted by Crippen LogP contribution is 2.13. The first kappa shape index (κ1) is 16.0. The summed E-state index contributed by atoms with van der Waals surface area (Å²) in [6.45, 7) is 11.6. The smallest absolute Gasteiger partial charge is 0.330 e. The van der Waals surface area contributed by atoms with Crippen LogP contribution >= 0.6 is 0 Å². The molecule has 0 radical (unpaired) electrons. The summed E-state index contributed by atoms with van der Waals surface area (Å²) in [5.41, 5.74) is 0. The lowest BCUT2D eigenvalue weighted by Crippen LogP contribution is -2.13. The molecular weight excluding hydrogens is 212 g/mol. The Balaban J connectivity index is 3.53. The standard InChI is InChI=1S/C15H26O2/c1-5-14(17-15(16)6-2)12-10-8-7-9-11-13(3)4/h5-6,13-14H,1-2,7-12H2,3-4H3. The average molecular weight is 238 g/mol. The van der Waals surface area contributed by atoms with Crippen LogP contribution < -0.4 is 0 Å². The largest absolute Gasteiger partial charge is 0.455 e. The van der Waals surface area contributed by atoms with E-state index in [-0.39, 0.29) is 12.1 Å². The first-order valence-corrected chi connectivity index (χ1v) is 6.55. The number of esters is 1. The lowest BCUT2D eigenvalue weighted by molar-refractivity contribution is -0.141. The Bertz CT molecular complexity index is 231. The summed E-state index contributed by atoms with van der Waals surface area (Å²) in [5, 5.41) is 0. The molecule has 0 amide bonds. The van der Waals surface area contributed by atoms with E-state index in [1.165, 1.54) is 31.8 Å². The summed E-state index contributed by atoms with van der Waals surface area (Å²) in [6.07, 6.45) is 9.73. The minimum Gasteiger partial charge on any atom is -0.455 e. The second kappa shape index (κ2) is 10.1. The molecule has 98 valence electrons. The molecule has 0 N–H and O–H groups in total. The summed E-state index contributed by atoms with van der Waals surface area (Å²) < 4.78 is 5.12. The first-order valence-electron chi connectivity index (χ1n) is 6.55. The van der Waals surface area contributed by atoms with Gasteiger partial charge in [-0.2, -0.15) is 0 Å². The molecule has 17 heavy (non-hydrogen) atoms. The highest BCUT2D eigenvalue weighted by atomic mass is 16.5. The Morgan fingerprint density at radius 3 is 2.18 bits per heavy atom. The number of hydrogen-bond donors (Lipinski definition) is 0. The molecule has 0 aliphatic rings. The molecule has 0 rings (SSSR count). The molecule has 0 fully saturated rings. The lowest BCUT2D eigenvalue weighted by atomic mass is 10.0. The second-order valence-corrected chi connectivity index (χ2v) is 4.80. The topological polar surface area (TPSA) is 26.3 Å². The van der Waals surface area contributed by atoms with Gasteiger partial charge < -0.3 is 4.74 Å². The van der Waals surface area contributed by atoms with Crippen LogP contribution in [-0.2, 0) is 9.53 Å². The number of unbranched alkanes of at least 4 members (excludes halogenated alkanes) is 3. The van der Waals surface area contributed by atoms with Crippen molar-refractivity contribution in [1.29, 1.82) is 0 Å². The fourth-order valence-corrected chi connectivity index (χ4v) is 1.67. The van der Waals surface area contributed by atoms with Gasteiger partial charge in [0.25, 0.3) is 0 Å². The Labute approximate surface area is 106 Å². The molecule has 0 aromatic heterocycles. The van der Waals surface area contributed by atoms with Crippen LogP contribution in [-0.4, -0.2) is 12.1 Å². The molecule has 0 heterocycles. The maximum Gasteiger partial charge on any atom is 0.330 e. The average Bonchev–Trinajstić information content (AvgIpc) is 2.31. The van der Waals surface area contributed by atoms with E-state index in [1.807, 2.05) is 0 Å². The summed E-state index contributed by atoms with van der Waals surface area (Å²) in [5.74, 6) is 0.430. The van der Waals surface area contributed by atoms with E-state index in [0.717, 1.165) is 18.8 Å². The minimum atomic E-state index is -0.366. The maximum absolute atomic E-state index is 11.0. The number of ether oxygens (including phenoxy) is 1. The minimum absolute atomic E-state index is 0.161. The highest BCUT2D eigenvalue weighted by molar-refractivity contribution is 5.81. The molecule has 0 aliphatic carbocycles. The molecule has 2 nitrogen and oxygen atoms in total. The van der Waals surface area contributed by atoms with Gasteiger partial charge in [-0.3, -0.25) is 0 Å². The third-order valence-electron chi connectivity index (χ3n) is 2.72. The number of rotatable bonds is 10. The van der Waals surface area contributed by atoms with Crippen LogP contribution in [0.5, 0.6) is 0 Å². The van der Waals surface area contributed by atoms with E-state index < -0.39 is 0 Å². The van der Waals surface area contributed by atoms with E-state index in [2.05, 4.69) is 27.0 Å². The lowest BCUT2D eigenvalue weighted by Gasteiger charge is -2.12. The third kappa shape index (κ3) is 9.86. The van der Waals surface area contributed by atoms with Gasteiger partial charge in [0.1, 0.15) is 6.10 Å². The van der Waals surface area contributed by atoms with Crippen LogP contribution in [0.15, 0.2) is 25.3 Å². The van der Waals surface area contributed by atoms with Crippen molar-refractivity contribution >= 4 is 5.97 Å². The number of carbonyl (C=O) groups is 1. The Morgan fingerprint density at radius 2 is 1.71 bits per heavy atom. The van der Waals surface area contributed by atoms with Crippen LogP contribution in [0.4, 0.5) is 0 Å². The molecule has 0 aromatic rings. The molecule has 0 aromatic carbocycles. The predicted octanol–water partition coefficient (Wildman–Crippen LogP) is 4.27. The van der Waals surface area contributed by atoms with E-state index in [9.17, 15) is 4.79 Å². The van der Waals surface area contributed by atoms with Crippen molar-refractivity contribution in [2.45, 2.75) is 58.5 Å². The van der Waals surface area contributed by atoms with E-state index in [1.54, 1.807) is 6.08 Å². The summed E-state index contributed by atoms with van der Waals surface area (Å²) >= 11 is 0. The fourth-order valence-electron chi connectivity index (χ4n) is 1.67. The highest BCUT2D eigenvalue weighted by Gasteiger charge is 2.07. The monoisotopic (exact) mass is 238 g/mol. The third-order valence-corrected chi connectivity index (χ3v) is 2.72. The molecule has 0 saturated heterocycles. The van der Waals surface area contributed by atoms with Crippen molar-refractivity contribution in [3.8, 4) is 0 Å². The van der Waals surface area contributed by atoms with Crippen LogP contribution in [0.2, 0.25) is 0 Å². The van der Waals surface area contributed by atoms with Crippen molar-refractivity contribution in [2.75, 3.05) is 0 Å². The Morgan fingerprint density at radius 1 is 1.12 bits per heavy atom. The van der Waals surface area contributed by atoms with Gasteiger partial charge in [0.15, 0.2) is 0 Å². The molecule has 1 atom stereocenters. The molecule has 0 bridgehead atoms. The van der Waals surface area contributed by atoms with Crippen molar-refractivity contribution in [2.24, 2.45) is 5.92 Å². The zero-order chi connectivity index (χ0) is 13.1. The predicted molar refractivity (Wildman–Crippen MR) is 72.8 cm³/mol. The normalized spacial score (nSPS) is 12.2. The molecular formula is C15H26O2. The van der Waals surface area contributed by atoms with E-state index in [4.69, 9.17) is 4.74 Å². The molecule has 0 aliphatic heterocycles. The molecule has 0 saturated carbocycles. The zero-order valence-corrected chi connectivity index (χ0v) is 11.3. The van der Waals surface area contributed by atoms with Gasteiger partial charge in [-0.15, -0.1) is 0 Å². The van der Waals surface area contributed by atoms with Gasteiger partial charge in [-0.1, -0.05) is 58.8 Å². The van der Waals surface area contributed by atoms with Crippen molar-refractivity contribution < 1.29 is 9.53 Å². The van der Waals surface area contributed by atoms with E-state index in [0.29, 0.717) is 0 Å². The van der Waals surface area contributed by atoms with Crippen molar-refractivity contribution in [3.63, 3.8) is 0 Å². The van der Waals surface area contributed by atoms with Gasteiger partial charge in [0.05, 0.1) is 0 Å². The van der Waals surface area contributed by atoms with E-state index >= 15 is 0 Å². The summed E-state index contributed by atoms with van der Waals surface area (Å²) in [6, 6.07) is 0. The number of hydrogen-bond acceptors (Lipinski definition) is 2. The van der Waals surface area contributed by atoms with Crippen molar-refractivity contribution in [1.82, 2.24) is 0 Å². The molecule has 2 heteroatoms. The van der Waals surface area contributed by atoms with Crippen molar-refractivity contribution in [3.05, 3.63) is 25.3 Å². The van der Waals surface area contributed by atoms with Gasteiger partial charge in [-0.05, 0) is 18.8 Å². The van der Waals surface area contributed by atoms with Gasteiger partial charge in [0.2, 0.25) is 0 Å². The van der Waals surface area contributed by atoms with Gasteiger partial charge in [-0.25, -0.2) is 4.79 Å². The Hall–Kier alpha value is -1.05. The van der Waals surface area contributed by atoms with Gasteiger partial charge in [0, 0.05) is 6.08 Å². The first-order chi connectivity index (χ1) is 8.10. The zero-order valence-electron chi connectivity index (χ0n) is 11.3. The fraction of sp³-hybridized carbons (Fsp3) is 0.667.